The molecule has 0 aromatic heterocycles. The van der Waals surface area contributed by atoms with Gasteiger partial charge in [-0.15, -0.1) is 0 Å². The summed E-state index contributed by atoms with van der Waals surface area (Å²) in [6, 6.07) is 3.27. The average molecular weight is 276 g/mol. The van der Waals surface area contributed by atoms with Crippen molar-refractivity contribution in [2.24, 2.45) is 0 Å². The molecule has 7 heteroatoms. The number of alkyl halides is 3. The number of hydrogen-bond donors (Lipinski definition) is 2. The fraction of sp³-hybridized carbons (Fsp3) is 0.417. The number of aromatic carboxylic acids is 1. The van der Waals surface area contributed by atoms with Gasteiger partial charge in [0.2, 0.25) is 0 Å². The van der Waals surface area contributed by atoms with E-state index in [9.17, 15) is 18.0 Å². The van der Waals surface area contributed by atoms with Crippen LogP contribution in [0.25, 0.3) is 0 Å². The van der Waals surface area contributed by atoms with Crippen molar-refractivity contribution in [2.45, 2.75) is 26.1 Å². The first-order chi connectivity index (χ1) is 8.61. The Labute approximate surface area is 108 Å². The first kappa shape index (κ1) is 15.1. The molecular weight excluding hydrogens is 261 g/mol. The molecule has 0 saturated heterocycles. The lowest BCUT2D eigenvalue weighted by molar-refractivity contribution is -0.120. The summed E-state index contributed by atoms with van der Waals surface area (Å²) in [5.41, 5.74) is 5.78. The quantitative estimate of drug-likeness (QED) is 0.830. The molecule has 0 aliphatic rings. The molecule has 0 saturated carbocycles. The molecule has 1 aromatic rings. The van der Waals surface area contributed by atoms with Crippen LogP contribution in [0.4, 0.5) is 24.5 Å². The lowest BCUT2D eigenvalue weighted by Gasteiger charge is -2.31. The van der Waals surface area contributed by atoms with Crippen LogP contribution in [0, 0.1) is 0 Å². The standard InChI is InChI=1S/C12H15F3N2O2/c1-7(2)17(6-12(13,14)15)10-4-3-8(11(18)19)5-9(10)16/h3-5,7H,6,16H2,1-2H3,(H,18,19). The van der Waals surface area contributed by atoms with Gasteiger partial charge in [-0.1, -0.05) is 0 Å². The van der Waals surface area contributed by atoms with Crippen LogP contribution in [-0.2, 0) is 0 Å². The molecule has 0 unspecified atom stereocenters. The summed E-state index contributed by atoms with van der Waals surface area (Å²) in [4.78, 5) is 11.8. The van der Waals surface area contributed by atoms with Gasteiger partial charge in [0.1, 0.15) is 6.54 Å². The number of carboxylic acid groups (broad SMARTS) is 1. The predicted octanol–water partition coefficient (Wildman–Crippen LogP) is 2.74. The number of halogens is 3. The molecule has 1 rings (SSSR count). The van der Waals surface area contributed by atoms with Gasteiger partial charge in [0, 0.05) is 6.04 Å². The van der Waals surface area contributed by atoms with Crippen molar-refractivity contribution < 1.29 is 23.1 Å². The van der Waals surface area contributed by atoms with Gasteiger partial charge >= 0.3 is 12.1 Å². The molecule has 0 fully saturated rings. The van der Waals surface area contributed by atoms with Crippen LogP contribution in [0.15, 0.2) is 18.2 Å². The number of carbonyl (C=O) groups is 1. The highest BCUT2D eigenvalue weighted by atomic mass is 19.4. The largest absolute Gasteiger partial charge is 0.478 e. The lowest BCUT2D eigenvalue weighted by Crippen LogP contribution is -2.39. The number of nitrogens with two attached hydrogens (primary N) is 1. The molecule has 0 heterocycles. The Balaban J connectivity index is 3.14. The number of nitrogen functional groups attached to an aromatic ring is 1. The van der Waals surface area contributed by atoms with Crippen LogP contribution in [0.3, 0.4) is 0 Å². The molecule has 0 amide bonds. The minimum absolute atomic E-state index is 0.0119. The lowest BCUT2D eigenvalue weighted by atomic mass is 10.1. The van der Waals surface area contributed by atoms with Crippen LogP contribution >= 0.6 is 0 Å². The third-order valence-corrected chi connectivity index (χ3v) is 2.56. The minimum Gasteiger partial charge on any atom is -0.478 e. The second-order valence-electron chi connectivity index (χ2n) is 4.42. The summed E-state index contributed by atoms with van der Waals surface area (Å²) in [6.45, 7) is 2.08. The van der Waals surface area contributed by atoms with Gasteiger partial charge in [-0.2, -0.15) is 13.2 Å². The maximum absolute atomic E-state index is 12.5. The topological polar surface area (TPSA) is 66.6 Å². The van der Waals surface area contributed by atoms with E-state index in [1.54, 1.807) is 13.8 Å². The number of carboxylic acids is 1. The first-order valence-corrected chi connectivity index (χ1v) is 5.58. The Bertz CT molecular complexity index is 473. The second kappa shape index (κ2) is 5.38. The summed E-state index contributed by atoms with van der Waals surface area (Å²) in [5.74, 6) is -1.18. The maximum Gasteiger partial charge on any atom is 0.405 e. The summed E-state index contributed by atoms with van der Waals surface area (Å²) in [6.07, 6.45) is -4.36. The zero-order chi connectivity index (χ0) is 14.8. The monoisotopic (exact) mass is 276 g/mol. The van der Waals surface area contributed by atoms with Gasteiger partial charge in [0.15, 0.2) is 0 Å². The van der Waals surface area contributed by atoms with Crippen LogP contribution in [0.2, 0.25) is 0 Å². The Morgan fingerprint density at radius 2 is 2.00 bits per heavy atom. The number of hydrogen-bond acceptors (Lipinski definition) is 3. The first-order valence-electron chi connectivity index (χ1n) is 5.58. The molecule has 19 heavy (non-hydrogen) atoms. The molecule has 0 bridgehead atoms. The Kier molecular flexibility index (Phi) is 4.28. The van der Waals surface area contributed by atoms with Gasteiger partial charge in [-0.05, 0) is 32.0 Å². The third kappa shape index (κ3) is 4.04. The third-order valence-electron chi connectivity index (χ3n) is 2.56. The molecule has 0 spiro atoms. The molecule has 0 aliphatic heterocycles. The van der Waals surface area contributed by atoms with Gasteiger partial charge < -0.3 is 15.7 Å². The highest BCUT2D eigenvalue weighted by molar-refractivity contribution is 5.90. The fourth-order valence-electron chi connectivity index (χ4n) is 1.69. The normalized spacial score (nSPS) is 11.7. The smallest absolute Gasteiger partial charge is 0.405 e. The van der Waals surface area contributed by atoms with E-state index in [0.717, 1.165) is 11.0 Å². The van der Waals surface area contributed by atoms with Crippen molar-refractivity contribution in [3.8, 4) is 0 Å². The van der Waals surface area contributed by atoms with Crippen molar-refractivity contribution in [3.05, 3.63) is 23.8 Å². The minimum atomic E-state index is -4.36. The van der Waals surface area contributed by atoms with Crippen LogP contribution in [-0.4, -0.2) is 29.8 Å². The number of rotatable bonds is 4. The van der Waals surface area contributed by atoms with E-state index in [1.165, 1.54) is 12.1 Å². The van der Waals surface area contributed by atoms with E-state index in [-0.39, 0.29) is 16.9 Å². The van der Waals surface area contributed by atoms with Crippen molar-refractivity contribution in [3.63, 3.8) is 0 Å². The van der Waals surface area contributed by atoms with Crippen molar-refractivity contribution in [1.29, 1.82) is 0 Å². The van der Waals surface area contributed by atoms with Gasteiger partial charge in [0.25, 0.3) is 0 Å². The summed E-state index contributed by atoms with van der Waals surface area (Å²) in [7, 11) is 0. The second-order valence-corrected chi connectivity index (χ2v) is 4.42. The highest BCUT2D eigenvalue weighted by Crippen LogP contribution is 2.29. The van der Waals surface area contributed by atoms with Gasteiger partial charge in [-0.25, -0.2) is 4.79 Å². The van der Waals surface area contributed by atoms with E-state index < -0.39 is 24.7 Å². The molecule has 106 valence electrons. The number of nitrogens with zero attached hydrogens (tertiary/aromatic N) is 1. The average Bonchev–Trinajstić information content (AvgIpc) is 2.24. The van der Waals surface area contributed by atoms with Crippen molar-refractivity contribution in [1.82, 2.24) is 0 Å². The van der Waals surface area contributed by atoms with Crippen molar-refractivity contribution in [2.75, 3.05) is 17.2 Å². The van der Waals surface area contributed by atoms with E-state index in [1.807, 2.05) is 0 Å². The van der Waals surface area contributed by atoms with Crippen LogP contribution in [0.1, 0.15) is 24.2 Å². The Morgan fingerprint density at radius 3 is 2.37 bits per heavy atom. The highest BCUT2D eigenvalue weighted by Gasteiger charge is 2.32. The van der Waals surface area contributed by atoms with E-state index >= 15 is 0 Å². The molecule has 4 nitrogen and oxygen atoms in total. The molecule has 0 atom stereocenters. The Morgan fingerprint density at radius 1 is 1.42 bits per heavy atom. The molecular formula is C12H15F3N2O2. The SMILES string of the molecule is CC(C)N(CC(F)(F)F)c1ccc(C(=O)O)cc1N. The summed E-state index contributed by atoms with van der Waals surface area (Å²) >= 11 is 0. The maximum atomic E-state index is 12.5. The van der Waals surface area contributed by atoms with Crippen LogP contribution < -0.4 is 10.6 Å². The van der Waals surface area contributed by atoms with E-state index in [0.29, 0.717) is 0 Å². The summed E-state index contributed by atoms with van der Waals surface area (Å²) in [5, 5.41) is 8.79. The number of benzene rings is 1. The molecule has 1 aromatic carbocycles. The molecule has 0 radical (unpaired) electrons. The Hall–Kier alpha value is -1.92. The molecule has 0 aliphatic carbocycles. The summed E-state index contributed by atoms with van der Waals surface area (Å²) < 4.78 is 37.5. The van der Waals surface area contributed by atoms with Crippen molar-refractivity contribution >= 4 is 17.3 Å². The van der Waals surface area contributed by atoms with E-state index in [4.69, 9.17) is 10.8 Å². The number of anilines is 2. The van der Waals surface area contributed by atoms with Crippen LogP contribution in [0.5, 0.6) is 0 Å². The predicted molar refractivity (Wildman–Crippen MR) is 66.4 cm³/mol. The fourth-order valence-corrected chi connectivity index (χ4v) is 1.69. The van der Waals surface area contributed by atoms with E-state index in [2.05, 4.69) is 0 Å². The zero-order valence-corrected chi connectivity index (χ0v) is 10.5. The van der Waals surface area contributed by atoms with Gasteiger partial charge in [0.05, 0.1) is 16.9 Å². The molecule has 3 N–H and O–H groups in total. The zero-order valence-electron chi connectivity index (χ0n) is 10.5. The van der Waals surface area contributed by atoms with Gasteiger partial charge in [-0.3, -0.25) is 0 Å².